The van der Waals surface area contributed by atoms with Gasteiger partial charge in [0.2, 0.25) is 0 Å². The van der Waals surface area contributed by atoms with Crippen LogP contribution in [-0.2, 0) is 4.79 Å². The van der Waals surface area contributed by atoms with Crippen LogP contribution in [0.1, 0.15) is 28.0 Å². The lowest BCUT2D eigenvalue weighted by atomic mass is 10.3. The van der Waals surface area contributed by atoms with Crippen molar-refractivity contribution >= 4 is 23.2 Å². The maximum Gasteiger partial charge on any atom is 0.323 e. The predicted octanol–water partition coefficient (Wildman–Crippen LogP) is 2.57. The van der Waals surface area contributed by atoms with E-state index in [9.17, 15) is 9.59 Å². The average Bonchev–Trinajstić information content (AvgIpc) is 3.01. The topological polar surface area (TPSA) is 83.6 Å². The number of furan rings is 1. The van der Waals surface area contributed by atoms with Crippen LogP contribution in [0.25, 0.3) is 10.8 Å². The number of hydrogen-bond donors (Lipinski definition) is 1. The van der Waals surface area contributed by atoms with Gasteiger partial charge in [0.1, 0.15) is 17.2 Å². The van der Waals surface area contributed by atoms with Crippen molar-refractivity contribution < 1.29 is 19.1 Å². The number of likely N-dealkylation sites (N-methyl/N-ethyl adjacent to an activating group) is 1. The Morgan fingerprint density at radius 1 is 1.38 bits per heavy atom. The van der Waals surface area contributed by atoms with Crippen LogP contribution in [0.2, 0.25) is 0 Å². The highest BCUT2D eigenvalue weighted by Crippen LogP contribution is 2.30. The number of carbonyl (C=O) groups is 2. The van der Waals surface area contributed by atoms with Crippen LogP contribution < -0.4 is 0 Å². The first-order valence-electron chi connectivity index (χ1n) is 6.47. The molecule has 0 aliphatic rings. The second-order valence-corrected chi connectivity index (χ2v) is 5.56. The lowest BCUT2D eigenvalue weighted by Gasteiger charge is -2.17. The number of thiazole rings is 1. The van der Waals surface area contributed by atoms with Crippen LogP contribution >= 0.6 is 11.3 Å². The molecule has 0 unspecified atom stereocenters. The molecule has 6 nitrogen and oxygen atoms in total. The van der Waals surface area contributed by atoms with Crippen LogP contribution in [0, 0.1) is 13.8 Å². The normalized spacial score (nSPS) is 10.6. The number of rotatable bonds is 5. The molecule has 0 saturated carbocycles. The van der Waals surface area contributed by atoms with Gasteiger partial charge in [-0.1, -0.05) is 0 Å². The number of amides is 1. The molecule has 2 rings (SSSR count). The molecule has 21 heavy (non-hydrogen) atoms. The molecule has 0 fully saturated rings. The van der Waals surface area contributed by atoms with Crippen molar-refractivity contribution in [3.05, 3.63) is 28.5 Å². The highest BCUT2D eigenvalue weighted by atomic mass is 32.1. The number of carboxylic acids is 1. The molecule has 0 atom stereocenters. The van der Waals surface area contributed by atoms with Gasteiger partial charge in [0.15, 0.2) is 10.8 Å². The number of aromatic nitrogens is 1. The first-order valence-corrected chi connectivity index (χ1v) is 7.29. The molecule has 2 heterocycles. The lowest BCUT2D eigenvalue weighted by Crippen LogP contribution is -2.35. The Hall–Kier alpha value is -2.15. The highest BCUT2D eigenvalue weighted by Gasteiger charge is 2.23. The average molecular weight is 308 g/mol. The smallest absolute Gasteiger partial charge is 0.323 e. The van der Waals surface area contributed by atoms with Crippen LogP contribution in [0.15, 0.2) is 16.5 Å². The first-order chi connectivity index (χ1) is 9.92. The minimum atomic E-state index is -1.03. The van der Waals surface area contributed by atoms with Crippen LogP contribution in [-0.4, -0.2) is 40.0 Å². The zero-order valence-electron chi connectivity index (χ0n) is 12.0. The largest absolute Gasteiger partial charge is 0.480 e. The molecule has 0 radical (unpaired) electrons. The third-order valence-electron chi connectivity index (χ3n) is 2.94. The molecule has 0 bridgehead atoms. The summed E-state index contributed by atoms with van der Waals surface area (Å²) in [6.45, 7) is 5.33. The van der Waals surface area contributed by atoms with E-state index in [0.717, 1.165) is 5.76 Å². The van der Waals surface area contributed by atoms with Crippen molar-refractivity contribution in [1.29, 1.82) is 0 Å². The molecule has 1 N–H and O–H groups in total. The van der Waals surface area contributed by atoms with Gasteiger partial charge in [0.05, 0.1) is 5.69 Å². The Labute approximate surface area is 126 Å². The van der Waals surface area contributed by atoms with Crippen molar-refractivity contribution in [2.45, 2.75) is 20.8 Å². The molecule has 0 spiro atoms. The van der Waals surface area contributed by atoms with Gasteiger partial charge in [-0.2, -0.15) is 0 Å². The molecular formula is C14H16N2O4S. The quantitative estimate of drug-likeness (QED) is 0.917. The van der Waals surface area contributed by atoms with E-state index >= 15 is 0 Å². The van der Waals surface area contributed by atoms with E-state index in [0.29, 0.717) is 27.9 Å². The van der Waals surface area contributed by atoms with Crippen molar-refractivity contribution in [3.8, 4) is 10.8 Å². The van der Waals surface area contributed by atoms with Crippen molar-refractivity contribution in [3.63, 3.8) is 0 Å². The van der Waals surface area contributed by atoms with E-state index in [1.54, 1.807) is 19.9 Å². The highest BCUT2D eigenvalue weighted by molar-refractivity contribution is 7.17. The fourth-order valence-corrected chi connectivity index (χ4v) is 2.88. The monoisotopic (exact) mass is 308 g/mol. The van der Waals surface area contributed by atoms with Crippen molar-refractivity contribution in [2.75, 3.05) is 13.1 Å². The van der Waals surface area contributed by atoms with E-state index < -0.39 is 5.97 Å². The zero-order valence-corrected chi connectivity index (χ0v) is 12.9. The molecule has 1 amide bonds. The van der Waals surface area contributed by atoms with E-state index in [2.05, 4.69) is 4.98 Å². The van der Waals surface area contributed by atoms with Gasteiger partial charge in [0.25, 0.3) is 5.91 Å². The van der Waals surface area contributed by atoms with E-state index in [1.807, 2.05) is 13.0 Å². The Morgan fingerprint density at radius 3 is 2.62 bits per heavy atom. The standard InChI is InChI=1S/C14H16N2O4S/c1-4-16(7-11(17)18)14(19)12-9(3)15-13(21-12)10-6-5-8(2)20-10/h5-6H,4,7H2,1-3H3,(H,17,18). The number of carbonyl (C=O) groups excluding carboxylic acids is 1. The van der Waals surface area contributed by atoms with Crippen molar-refractivity contribution in [2.24, 2.45) is 0 Å². The predicted molar refractivity (Wildman–Crippen MR) is 78.5 cm³/mol. The molecule has 0 aliphatic carbocycles. The van der Waals surface area contributed by atoms with Crippen LogP contribution in [0.3, 0.4) is 0 Å². The van der Waals surface area contributed by atoms with Gasteiger partial charge in [-0.25, -0.2) is 4.98 Å². The summed E-state index contributed by atoms with van der Waals surface area (Å²) >= 11 is 1.22. The summed E-state index contributed by atoms with van der Waals surface area (Å²) < 4.78 is 5.50. The first kappa shape index (κ1) is 15.2. The second-order valence-electron chi connectivity index (χ2n) is 4.56. The Kier molecular flexibility index (Phi) is 4.42. The Balaban J connectivity index is 2.30. The summed E-state index contributed by atoms with van der Waals surface area (Å²) in [5.74, 6) is 0.0337. The fourth-order valence-electron chi connectivity index (χ4n) is 1.88. The third-order valence-corrected chi connectivity index (χ3v) is 4.10. The summed E-state index contributed by atoms with van der Waals surface area (Å²) in [4.78, 5) is 29.2. The lowest BCUT2D eigenvalue weighted by molar-refractivity contribution is -0.137. The minimum Gasteiger partial charge on any atom is -0.480 e. The fraction of sp³-hybridized carbons (Fsp3) is 0.357. The molecule has 2 aromatic heterocycles. The van der Waals surface area contributed by atoms with E-state index in [1.165, 1.54) is 16.2 Å². The molecule has 0 saturated heterocycles. The molecule has 112 valence electrons. The molecular weight excluding hydrogens is 292 g/mol. The van der Waals surface area contributed by atoms with Gasteiger partial charge in [0, 0.05) is 6.54 Å². The number of aryl methyl sites for hydroxylation is 2. The molecule has 7 heteroatoms. The maximum atomic E-state index is 12.4. The Bertz CT molecular complexity index is 674. The number of aliphatic carboxylic acids is 1. The minimum absolute atomic E-state index is 0.315. The van der Waals surface area contributed by atoms with Crippen molar-refractivity contribution in [1.82, 2.24) is 9.88 Å². The number of nitrogens with zero attached hydrogens (tertiary/aromatic N) is 2. The molecule has 0 aromatic carbocycles. The van der Waals surface area contributed by atoms with E-state index in [-0.39, 0.29) is 12.5 Å². The van der Waals surface area contributed by atoms with Crippen LogP contribution in [0.4, 0.5) is 0 Å². The molecule has 0 aliphatic heterocycles. The SMILES string of the molecule is CCN(CC(=O)O)C(=O)c1sc(-c2ccc(C)o2)nc1C. The summed E-state index contributed by atoms with van der Waals surface area (Å²) in [5, 5.41) is 9.47. The maximum absolute atomic E-state index is 12.4. The summed E-state index contributed by atoms with van der Waals surface area (Å²) in [5.41, 5.74) is 0.581. The van der Waals surface area contributed by atoms with Gasteiger partial charge in [-0.3, -0.25) is 9.59 Å². The molecule has 2 aromatic rings. The Morgan fingerprint density at radius 2 is 2.10 bits per heavy atom. The van der Waals surface area contributed by atoms with Gasteiger partial charge < -0.3 is 14.4 Å². The third kappa shape index (κ3) is 3.30. The van der Waals surface area contributed by atoms with Gasteiger partial charge in [-0.15, -0.1) is 11.3 Å². The number of carboxylic acid groups (broad SMARTS) is 1. The van der Waals surface area contributed by atoms with Gasteiger partial charge >= 0.3 is 5.97 Å². The van der Waals surface area contributed by atoms with Crippen LogP contribution in [0.5, 0.6) is 0 Å². The summed E-state index contributed by atoms with van der Waals surface area (Å²) in [7, 11) is 0. The van der Waals surface area contributed by atoms with Gasteiger partial charge in [-0.05, 0) is 32.9 Å². The summed E-state index contributed by atoms with van der Waals surface area (Å²) in [6.07, 6.45) is 0. The second kappa shape index (κ2) is 6.09. The van der Waals surface area contributed by atoms with E-state index in [4.69, 9.17) is 9.52 Å². The summed E-state index contributed by atoms with van der Waals surface area (Å²) in [6, 6.07) is 3.63. The zero-order chi connectivity index (χ0) is 15.6. The number of hydrogen-bond acceptors (Lipinski definition) is 5.